The quantitative estimate of drug-likeness (QED) is 0.458. The Hall–Kier alpha value is -0.520. The number of allylic oxidation sites excluding steroid dienone is 2. The van der Waals surface area contributed by atoms with Crippen LogP contribution in [-0.4, -0.2) is 0 Å². The van der Waals surface area contributed by atoms with E-state index < -0.39 is 0 Å². The summed E-state index contributed by atoms with van der Waals surface area (Å²) in [6, 6.07) is 0. The fraction of sp³-hybridized carbons (Fsp3) is 0.810. The van der Waals surface area contributed by atoms with Gasteiger partial charge in [0, 0.05) is 0 Å². The van der Waals surface area contributed by atoms with Gasteiger partial charge in [-0.05, 0) is 37.5 Å². The van der Waals surface area contributed by atoms with Crippen molar-refractivity contribution in [1.29, 1.82) is 0 Å². The zero-order valence-corrected chi connectivity index (χ0v) is 17.4. The van der Waals surface area contributed by atoms with Crippen molar-refractivity contribution in [2.24, 2.45) is 17.8 Å². The molecule has 0 heteroatoms. The molecule has 3 unspecified atom stereocenters. The second-order valence-corrected chi connectivity index (χ2v) is 4.64. The van der Waals surface area contributed by atoms with Gasteiger partial charge < -0.3 is 0 Å². The van der Waals surface area contributed by atoms with Crippen molar-refractivity contribution < 1.29 is 0 Å². The minimum absolute atomic E-state index is 0.831. The first kappa shape index (κ1) is 32.4. The van der Waals surface area contributed by atoms with Crippen molar-refractivity contribution in [2.45, 2.75) is 95.4 Å². The first-order valence-corrected chi connectivity index (χ1v) is 9.21. The van der Waals surface area contributed by atoms with Gasteiger partial charge in [0.05, 0.1) is 0 Å². The van der Waals surface area contributed by atoms with Crippen molar-refractivity contribution in [3.8, 4) is 0 Å². The Morgan fingerprint density at radius 2 is 1.19 bits per heavy atom. The lowest BCUT2D eigenvalue weighted by Gasteiger charge is -2.00. The topological polar surface area (TPSA) is 0 Å². The predicted octanol–water partition coefficient (Wildman–Crippen LogP) is 8.54. The van der Waals surface area contributed by atoms with Crippen LogP contribution in [-0.2, 0) is 0 Å². The number of rotatable bonds is 3. The van der Waals surface area contributed by atoms with E-state index in [4.69, 9.17) is 0 Å². The lowest BCUT2D eigenvalue weighted by atomic mass is 10.1. The van der Waals surface area contributed by atoms with Gasteiger partial charge in [-0.1, -0.05) is 87.8 Å². The molecular formula is C21H48. The van der Waals surface area contributed by atoms with E-state index in [1.54, 1.807) is 6.08 Å². The summed E-state index contributed by atoms with van der Waals surface area (Å²) in [5.74, 6) is 2.93. The smallest absolute Gasteiger partial charge is 0.0328 e. The van der Waals surface area contributed by atoms with Gasteiger partial charge in [-0.2, -0.15) is 0 Å². The van der Waals surface area contributed by atoms with Crippen LogP contribution in [0.2, 0.25) is 0 Å². The predicted molar refractivity (Wildman–Crippen MR) is 107 cm³/mol. The summed E-state index contributed by atoms with van der Waals surface area (Å²) in [4.78, 5) is 0. The minimum atomic E-state index is 0.831. The molecule has 0 radical (unpaired) electrons. The summed E-state index contributed by atoms with van der Waals surface area (Å²) in [7, 11) is 0. The van der Waals surface area contributed by atoms with Crippen LogP contribution in [0.1, 0.15) is 95.4 Å². The van der Waals surface area contributed by atoms with E-state index in [-0.39, 0.29) is 0 Å². The molecule has 1 fully saturated rings. The van der Waals surface area contributed by atoms with Gasteiger partial charge in [0.2, 0.25) is 0 Å². The van der Waals surface area contributed by atoms with E-state index in [1.807, 2.05) is 54.5 Å². The molecule has 1 aliphatic rings. The fourth-order valence-corrected chi connectivity index (χ4v) is 0.959. The Labute approximate surface area is 139 Å². The van der Waals surface area contributed by atoms with Crippen LogP contribution in [0.4, 0.5) is 0 Å². The fourth-order valence-electron chi connectivity index (χ4n) is 0.959. The standard InChI is InChI=1S/C7H14.C5H10.C3H6.3C2H6/c1-4-6-7(3)5-2;1-4-3-5(4)2;1-3-2;3*1-2/h4,7H,1,5-6H2,2-3H3;4-5H,3H2,1-2H3;3H,1H2,2H3;3*1-2H3. The monoisotopic (exact) mass is 300 g/mol. The number of hydrogen-bond donors (Lipinski definition) is 0. The molecule has 3 atom stereocenters. The van der Waals surface area contributed by atoms with Gasteiger partial charge >= 0.3 is 0 Å². The SMILES string of the molecule is C=CC.C=CCC(C)CC.CC.CC.CC.CC1CC1C. The molecule has 132 valence electrons. The molecule has 21 heavy (non-hydrogen) atoms. The van der Waals surface area contributed by atoms with Crippen LogP contribution in [0.5, 0.6) is 0 Å². The first-order valence-electron chi connectivity index (χ1n) is 9.21. The van der Waals surface area contributed by atoms with Gasteiger partial charge in [0.1, 0.15) is 0 Å². The highest BCUT2D eigenvalue weighted by molar-refractivity contribution is 4.76. The summed E-state index contributed by atoms with van der Waals surface area (Å²) in [5.41, 5.74) is 0. The Morgan fingerprint density at radius 3 is 1.24 bits per heavy atom. The molecule has 0 saturated heterocycles. The van der Waals surface area contributed by atoms with Crippen molar-refractivity contribution in [1.82, 2.24) is 0 Å². The third kappa shape index (κ3) is 54.2. The summed E-state index contributed by atoms with van der Waals surface area (Å²) in [6.45, 7) is 29.9. The Bertz CT molecular complexity index is 140. The van der Waals surface area contributed by atoms with Crippen LogP contribution in [0, 0.1) is 17.8 Å². The second kappa shape index (κ2) is 36.6. The molecular weight excluding hydrogens is 252 g/mol. The maximum Gasteiger partial charge on any atom is -0.0328 e. The van der Waals surface area contributed by atoms with Crippen molar-refractivity contribution in [3.05, 3.63) is 25.3 Å². The minimum Gasteiger partial charge on any atom is -0.103 e. The molecule has 1 rings (SSSR count). The van der Waals surface area contributed by atoms with Crippen LogP contribution in [0.3, 0.4) is 0 Å². The maximum atomic E-state index is 3.65. The van der Waals surface area contributed by atoms with Gasteiger partial charge in [-0.3, -0.25) is 0 Å². The molecule has 0 nitrogen and oxygen atoms in total. The highest BCUT2D eigenvalue weighted by Gasteiger charge is 2.26. The largest absolute Gasteiger partial charge is 0.103 e. The normalized spacial score (nSPS) is 17.7. The van der Waals surface area contributed by atoms with E-state index in [1.165, 1.54) is 12.8 Å². The van der Waals surface area contributed by atoms with E-state index >= 15 is 0 Å². The first-order chi connectivity index (χ1) is 10.0. The molecule has 0 aromatic rings. The van der Waals surface area contributed by atoms with E-state index in [9.17, 15) is 0 Å². The zero-order valence-electron chi connectivity index (χ0n) is 17.4. The lowest BCUT2D eigenvalue weighted by Crippen LogP contribution is -1.86. The molecule has 0 aliphatic heterocycles. The number of hydrogen-bond acceptors (Lipinski definition) is 0. The highest BCUT2D eigenvalue weighted by Crippen LogP contribution is 2.36. The van der Waals surface area contributed by atoms with E-state index in [0.29, 0.717) is 0 Å². The van der Waals surface area contributed by atoms with Crippen molar-refractivity contribution in [2.75, 3.05) is 0 Å². The zero-order chi connectivity index (χ0) is 18.3. The Kier molecular flexibility index (Phi) is 56.5. The van der Waals surface area contributed by atoms with Crippen LogP contribution in [0.15, 0.2) is 25.3 Å². The van der Waals surface area contributed by atoms with Gasteiger partial charge in [0.15, 0.2) is 0 Å². The Morgan fingerprint density at radius 1 is 0.952 bits per heavy atom. The summed E-state index contributed by atoms with van der Waals surface area (Å²) < 4.78 is 0. The molecule has 1 aliphatic carbocycles. The van der Waals surface area contributed by atoms with Gasteiger partial charge in [-0.15, -0.1) is 13.2 Å². The molecule has 0 spiro atoms. The Balaban J connectivity index is -0.0000000539. The molecule has 0 N–H and O–H groups in total. The molecule has 0 heterocycles. The maximum absolute atomic E-state index is 3.65. The van der Waals surface area contributed by atoms with Gasteiger partial charge in [-0.25, -0.2) is 0 Å². The van der Waals surface area contributed by atoms with Crippen LogP contribution in [0.25, 0.3) is 0 Å². The molecule has 0 amide bonds. The van der Waals surface area contributed by atoms with E-state index in [2.05, 4.69) is 40.9 Å². The van der Waals surface area contributed by atoms with E-state index in [0.717, 1.165) is 24.2 Å². The third-order valence-electron chi connectivity index (χ3n) is 2.78. The third-order valence-corrected chi connectivity index (χ3v) is 2.78. The van der Waals surface area contributed by atoms with Crippen molar-refractivity contribution >= 4 is 0 Å². The molecule has 0 aromatic heterocycles. The molecule has 0 aromatic carbocycles. The molecule has 1 saturated carbocycles. The summed E-state index contributed by atoms with van der Waals surface area (Å²) in [6.07, 6.45) is 7.64. The average molecular weight is 301 g/mol. The van der Waals surface area contributed by atoms with Crippen LogP contribution >= 0.6 is 0 Å². The average Bonchev–Trinajstić information content (AvgIpc) is 3.19. The van der Waals surface area contributed by atoms with Crippen molar-refractivity contribution in [3.63, 3.8) is 0 Å². The lowest BCUT2D eigenvalue weighted by molar-refractivity contribution is 0.572. The summed E-state index contributed by atoms with van der Waals surface area (Å²) >= 11 is 0. The van der Waals surface area contributed by atoms with Gasteiger partial charge in [0.25, 0.3) is 0 Å². The highest BCUT2D eigenvalue weighted by atomic mass is 14.3. The second-order valence-electron chi connectivity index (χ2n) is 4.64. The summed E-state index contributed by atoms with van der Waals surface area (Å²) in [5, 5.41) is 0. The van der Waals surface area contributed by atoms with Crippen LogP contribution < -0.4 is 0 Å². The molecule has 0 bridgehead atoms.